The number of hydrogen-bond donors (Lipinski definition) is 2. The summed E-state index contributed by atoms with van der Waals surface area (Å²) in [5.74, 6) is 2.16. The molecule has 34 heavy (non-hydrogen) atoms. The Labute approximate surface area is 208 Å². The molecule has 8 heteroatoms. The number of H-pyrrole nitrogens is 1. The number of nitrogens with one attached hydrogen (secondary N) is 2. The molecule has 1 amide bonds. The third kappa shape index (κ3) is 5.73. The lowest BCUT2D eigenvalue weighted by molar-refractivity contribution is -0.121. The summed E-state index contributed by atoms with van der Waals surface area (Å²) in [5.41, 5.74) is 2.54. The first-order valence-corrected chi connectivity index (χ1v) is 14.3. The predicted molar refractivity (Wildman–Crippen MR) is 141 cm³/mol. The Bertz CT molecular complexity index is 1190. The quantitative estimate of drug-likeness (QED) is 0.456. The first-order chi connectivity index (χ1) is 16.7. The van der Waals surface area contributed by atoms with E-state index in [-0.39, 0.29) is 17.5 Å². The lowest BCUT2D eigenvalue weighted by Crippen LogP contribution is -2.47. The van der Waals surface area contributed by atoms with Crippen molar-refractivity contribution in [3.8, 4) is 0 Å². The summed E-state index contributed by atoms with van der Waals surface area (Å²) in [6.07, 6.45) is 7.06. The molecule has 1 aliphatic carbocycles. The summed E-state index contributed by atoms with van der Waals surface area (Å²) in [6, 6.07) is 10.7. The summed E-state index contributed by atoms with van der Waals surface area (Å²) in [6.45, 7) is 2.93. The van der Waals surface area contributed by atoms with E-state index in [0.717, 1.165) is 67.7 Å². The van der Waals surface area contributed by atoms with Crippen LogP contribution in [0.15, 0.2) is 35.1 Å². The summed E-state index contributed by atoms with van der Waals surface area (Å²) >= 11 is 3.34. The van der Waals surface area contributed by atoms with E-state index in [2.05, 4.69) is 39.5 Å². The number of aryl methyl sites for hydroxylation is 2. The molecule has 1 atom stereocenters. The zero-order valence-electron chi connectivity index (χ0n) is 19.5. The van der Waals surface area contributed by atoms with Crippen molar-refractivity contribution in [2.45, 2.75) is 63.3 Å². The highest BCUT2D eigenvalue weighted by molar-refractivity contribution is 7.98. The summed E-state index contributed by atoms with van der Waals surface area (Å²) in [5, 5.41) is 4.04. The standard InChI is InChI=1S/C26H32N4O2S2/c31-23(27-19-9-6-13-30(16-19)15-18-7-2-1-3-8-18)12-14-33-17-22-28-25(32)24-20-10-4-5-11-21(20)34-26(24)29-22/h1-3,7-8,19H,4-6,9-17H2,(H,27,31)(H,28,29,32). The molecule has 2 aliphatic rings. The minimum Gasteiger partial charge on any atom is -0.352 e. The molecule has 2 aromatic heterocycles. The van der Waals surface area contributed by atoms with Gasteiger partial charge in [0.05, 0.1) is 11.1 Å². The monoisotopic (exact) mass is 496 g/mol. The van der Waals surface area contributed by atoms with Gasteiger partial charge in [-0.15, -0.1) is 11.3 Å². The van der Waals surface area contributed by atoms with Crippen LogP contribution in [0.25, 0.3) is 10.2 Å². The van der Waals surface area contributed by atoms with Crippen molar-refractivity contribution < 1.29 is 4.79 Å². The Morgan fingerprint density at radius 3 is 2.94 bits per heavy atom. The van der Waals surface area contributed by atoms with Crippen LogP contribution in [0, 0.1) is 0 Å². The van der Waals surface area contributed by atoms with E-state index < -0.39 is 0 Å². The van der Waals surface area contributed by atoms with Crippen LogP contribution in [0.5, 0.6) is 0 Å². The van der Waals surface area contributed by atoms with Crippen LogP contribution in [0.2, 0.25) is 0 Å². The SMILES string of the molecule is O=C(CCSCc1nc2sc3c(c2c(=O)[nH]1)CCCC3)NC1CCCN(Cc2ccccc2)C1. The Hall–Kier alpha value is -2.16. The highest BCUT2D eigenvalue weighted by Gasteiger charge is 2.22. The number of carbonyl (C=O) groups is 1. The summed E-state index contributed by atoms with van der Waals surface area (Å²) in [7, 11) is 0. The van der Waals surface area contributed by atoms with E-state index in [1.807, 2.05) is 6.07 Å². The maximum absolute atomic E-state index is 12.7. The largest absolute Gasteiger partial charge is 0.352 e. The fourth-order valence-corrected chi connectivity index (χ4v) is 7.15. The molecule has 6 nitrogen and oxygen atoms in total. The molecule has 0 saturated carbocycles. The minimum absolute atomic E-state index is 0.00454. The first-order valence-electron chi connectivity index (χ1n) is 12.3. The van der Waals surface area contributed by atoms with E-state index in [4.69, 9.17) is 4.98 Å². The fourth-order valence-electron chi connectivity index (χ4n) is 5.07. The van der Waals surface area contributed by atoms with Gasteiger partial charge in [-0.2, -0.15) is 11.8 Å². The van der Waals surface area contributed by atoms with Gasteiger partial charge >= 0.3 is 0 Å². The molecule has 5 rings (SSSR count). The normalized spacial score (nSPS) is 18.6. The third-order valence-corrected chi connectivity index (χ3v) is 8.86. The van der Waals surface area contributed by atoms with Gasteiger partial charge in [0.1, 0.15) is 10.7 Å². The average molecular weight is 497 g/mol. The predicted octanol–water partition coefficient (Wildman–Crippen LogP) is 4.27. The molecule has 180 valence electrons. The lowest BCUT2D eigenvalue weighted by Gasteiger charge is -2.33. The molecule has 1 aromatic carbocycles. The molecular weight excluding hydrogens is 464 g/mol. The van der Waals surface area contributed by atoms with Crippen molar-refractivity contribution in [3.05, 3.63) is 62.5 Å². The number of aromatic amines is 1. The number of benzene rings is 1. The number of piperidine rings is 1. The van der Waals surface area contributed by atoms with Crippen molar-refractivity contribution in [3.63, 3.8) is 0 Å². The first kappa shape index (κ1) is 23.6. The van der Waals surface area contributed by atoms with Gasteiger partial charge < -0.3 is 10.3 Å². The molecule has 1 saturated heterocycles. The number of aromatic nitrogens is 2. The van der Waals surface area contributed by atoms with Crippen molar-refractivity contribution in [2.24, 2.45) is 0 Å². The number of likely N-dealkylation sites (tertiary alicyclic amines) is 1. The second-order valence-corrected chi connectivity index (χ2v) is 11.5. The van der Waals surface area contributed by atoms with E-state index >= 15 is 0 Å². The second kappa shape index (κ2) is 11.1. The Kier molecular flexibility index (Phi) is 7.67. The Balaban J connectivity index is 1.07. The number of thioether (sulfide) groups is 1. The lowest BCUT2D eigenvalue weighted by atomic mass is 9.97. The number of amides is 1. The molecule has 0 spiro atoms. The number of fused-ring (bicyclic) bond motifs is 3. The number of thiophene rings is 1. The molecule has 3 heterocycles. The molecule has 1 fully saturated rings. The number of carbonyl (C=O) groups excluding carboxylic acids is 1. The Morgan fingerprint density at radius 1 is 1.21 bits per heavy atom. The van der Waals surface area contributed by atoms with Gasteiger partial charge in [-0.1, -0.05) is 30.3 Å². The number of nitrogens with zero attached hydrogens (tertiary/aromatic N) is 2. The van der Waals surface area contributed by atoms with E-state index in [1.165, 1.54) is 22.4 Å². The highest BCUT2D eigenvalue weighted by atomic mass is 32.2. The van der Waals surface area contributed by atoms with Gasteiger partial charge in [0, 0.05) is 36.2 Å². The zero-order valence-corrected chi connectivity index (χ0v) is 21.1. The van der Waals surface area contributed by atoms with Crippen LogP contribution in [0.4, 0.5) is 0 Å². The minimum atomic E-state index is -0.00454. The number of hydrogen-bond acceptors (Lipinski definition) is 6. The summed E-state index contributed by atoms with van der Waals surface area (Å²) in [4.78, 5) is 37.5. The van der Waals surface area contributed by atoms with Gasteiger partial charge in [0.25, 0.3) is 5.56 Å². The molecule has 1 unspecified atom stereocenters. The van der Waals surface area contributed by atoms with Gasteiger partial charge in [-0.05, 0) is 56.2 Å². The maximum Gasteiger partial charge on any atom is 0.259 e. The van der Waals surface area contributed by atoms with Crippen molar-refractivity contribution in [2.75, 3.05) is 18.8 Å². The average Bonchev–Trinajstić information content (AvgIpc) is 3.22. The van der Waals surface area contributed by atoms with Crippen molar-refractivity contribution in [1.29, 1.82) is 0 Å². The topological polar surface area (TPSA) is 78.1 Å². The molecule has 2 N–H and O–H groups in total. The highest BCUT2D eigenvalue weighted by Crippen LogP contribution is 2.33. The molecule has 3 aromatic rings. The number of rotatable bonds is 8. The van der Waals surface area contributed by atoms with Crippen LogP contribution in [0.3, 0.4) is 0 Å². The second-order valence-electron chi connectivity index (χ2n) is 9.33. The van der Waals surface area contributed by atoms with Crippen LogP contribution in [0.1, 0.15) is 53.9 Å². The smallest absolute Gasteiger partial charge is 0.259 e. The third-order valence-electron chi connectivity index (χ3n) is 6.71. The van der Waals surface area contributed by atoms with E-state index in [1.54, 1.807) is 23.1 Å². The van der Waals surface area contributed by atoms with Crippen molar-refractivity contribution >= 4 is 39.2 Å². The van der Waals surface area contributed by atoms with E-state index in [0.29, 0.717) is 18.0 Å². The Morgan fingerprint density at radius 2 is 2.06 bits per heavy atom. The van der Waals surface area contributed by atoms with Crippen LogP contribution in [-0.2, 0) is 29.9 Å². The van der Waals surface area contributed by atoms with Gasteiger partial charge in [-0.25, -0.2) is 4.98 Å². The fraction of sp³-hybridized carbons (Fsp3) is 0.500. The molecule has 1 aliphatic heterocycles. The summed E-state index contributed by atoms with van der Waals surface area (Å²) < 4.78 is 0. The van der Waals surface area contributed by atoms with Crippen molar-refractivity contribution in [1.82, 2.24) is 20.2 Å². The maximum atomic E-state index is 12.7. The molecule has 0 bridgehead atoms. The van der Waals surface area contributed by atoms with Crippen LogP contribution in [-0.4, -0.2) is 45.7 Å². The molecular formula is C26H32N4O2S2. The van der Waals surface area contributed by atoms with Gasteiger partial charge in [0.2, 0.25) is 5.91 Å². The van der Waals surface area contributed by atoms with Gasteiger partial charge in [-0.3, -0.25) is 14.5 Å². The van der Waals surface area contributed by atoms with Crippen LogP contribution < -0.4 is 10.9 Å². The molecule has 0 radical (unpaired) electrons. The zero-order chi connectivity index (χ0) is 23.3. The van der Waals surface area contributed by atoms with Gasteiger partial charge in [0.15, 0.2) is 0 Å². The van der Waals surface area contributed by atoms with Crippen LogP contribution >= 0.6 is 23.1 Å². The van der Waals surface area contributed by atoms with E-state index in [9.17, 15) is 9.59 Å².